The summed E-state index contributed by atoms with van der Waals surface area (Å²) < 4.78 is 48.7. The van der Waals surface area contributed by atoms with Crippen LogP contribution in [-0.4, -0.2) is 35.7 Å². The first-order chi connectivity index (χ1) is 18.6. The molecular weight excluding hydrogens is 543 g/mol. The van der Waals surface area contributed by atoms with Crippen molar-refractivity contribution in [1.29, 1.82) is 0 Å². The number of anilines is 1. The maximum atomic E-state index is 13.6. The number of sulfonamides is 1. The van der Waals surface area contributed by atoms with Crippen molar-refractivity contribution in [2.24, 2.45) is 5.73 Å². The first-order valence-corrected chi connectivity index (χ1v) is 14.4. The molecule has 11 heteroatoms. The minimum absolute atomic E-state index is 0.117. The molecule has 0 spiro atoms. The largest absolute Gasteiger partial charge is 0.366 e. The highest BCUT2D eigenvalue weighted by Crippen LogP contribution is 2.38. The van der Waals surface area contributed by atoms with Crippen molar-refractivity contribution in [2.75, 3.05) is 16.4 Å². The summed E-state index contributed by atoms with van der Waals surface area (Å²) in [5.41, 5.74) is 10.9. The Labute approximate surface area is 229 Å². The molecule has 39 heavy (non-hydrogen) atoms. The Balaban J connectivity index is 1.78. The number of nitrogens with one attached hydrogen (secondary N) is 1. The molecule has 2 aromatic heterocycles. The van der Waals surface area contributed by atoms with Crippen LogP contribution in [0.5, 0.6) is 0 Å². The van der Waals surface area contributed by atoms with Crippen molar-refractivity contribution in [2.45, 2.75) is 26.8 Å². The number of fused-ring (bicyclic) bond motifs is 3. The Morgan fingerprint density at radius 1 is 1.10 bits per heavy atom. The van der Waals surface area contributed by atoms with Gasteiger partial charge in [0, 0.05) is 45.5 Å². The van der Waals surface area contributed by atoms with Crippen LogP contribution in [0.25, 0.3) is 32.9 Å². The van der Waals surface area contributed by atoms with E-state index in [4.69, 9.17) is 21.9 Å². The molecule has 202 valence electrons. The number of aromatic nitrogens is 2. The highest BCUT2D eigenvalue weighted by molar-refractivity contribution is 7.92. The molecule has 3 N–H and O–H groups in total. The fraction of sp³-hybridized carbons (Fsp3) is 0.214. The number of halogens is 2. The number of benzene rings is 3. The smallest absolute Gasteiger partial charge is 0.249 e. The van der Waals surface area contributed by atoms with Crippen molar-refractivity contribution in [3.05, 3.63) is 83.0 Å². The van der Waals surface area contributed by atoms with E-state index in [9.17, 15) is 17.6 Å². The topological polar surface area (TPSA) is 120 Å². The molecule has 0 bridgehead atoms. The minimum Gasteiger partial charge on any atom is -0.366 e. The molecule has 5 rings (SSSR count). The Morgan fingerprint density at radius 3 is 2.49 bits per heavy atom. The zero-order valence-corrected chi connectivity index (χ0v) is 22.9. The van der Waals surface area contributed by atoms with Crippen LogP contribution in [0.2, 0.25) is 0 Å². The number of carbonyl (C=O) groups excluding carboxylic acids is 1. The summed E-state index contributed by atoms with van der Waals surface area (Å²) in [7, 11) is -3.62. The number of aryl methyl sites for hydroxylation is 2. The van der Waals surface area contributed by atoms with E-state index < -0.39 is 15.9 Å². The second-order valence-electron chi connectivity index (χ2n) is 9.39. The van der Waals surface area contributed by atoms with Gasteiger partial charge in [0.15, 0.2) is 0 Å². The van der Waals surface area contributed by atoms with Crippen LogP contribution in [0.15, 0.2) is 59.1 Å². The van der Waals surface area contributed by atoms with Crippen molar-refractivity contribution < 1.29 is 22.1 Å². The van der Waals surface area contributed by atoms with E-state index in [-0.39, 0.29) is 23.0 Å². The van der Waals surface area contributed by atoms with Crippen LogP contribution in [-0.2, 0) is 16.6 Å². The average Bonchev–Trinajstić information content (AvgIpc) is 3.39. The highest BCUT2D eigenvalue weighted by Gasteiger charge is 2.22. The average molecular weight is 569 g/mol. The first kappa shape index (κ1) is 26.7. The number of carbonyl (C=O) groups is 1. The van der Waals surface area contributed by atoms with E-state index in [1.807, 2.05) is 17.6 Å². The molecule has 0 atom stereocenters. The second kappa shape index (κ2) is 10.3. The van der Waals surface area contributed by atoms with Crippen LogP contribution in [0.4, 0.5) is 10.1 Å². The quantitative estimate of drug-likeness (QED) is 0.220. The molecule has 1 amide bonds. The SMILES string of the molecule is Cc1noc(C)c1-c1cc(C(N)=O)c2c3cc(NS(=O)(=O)CCCCl)ccc3n(Cc3ccc(F)cc3)c2c1. The molecule has 0 saturated carbocycles. The summed E-state index contributed by atoms with van der Waals surface area (Å²) >= 11 is 5.68. The third-order valence-corrected chi connectivity index (χ3v) is 8.27. The van der Waals surface area contributed by atoms with Gasteiger partial charge < -0.3 is 14.8 Å². The van der Waals surface area contributed by atoms with Gasteiger partial charge >= 0.3 is 0 Å². The summed E-state index contributed by atoms with van der Waals surface area (Å²) in [5, 5.41) is 5.27. The standard InChI is InChI=1S/C28H26ClFN4O4S/c1-16-26(17(2)38-32-16)19-12-23(28(31)35)27-22-14-21(33-39(36,37)11-3-10-29)8-9-24(22)34(25(27)13-19)15-18-4-6-20(30)7-5-18/h4-9,12-14,33H,3,10-11,15H2,1-2H3,(H2,31,35). The van der Waals surface area contributed by atoms with Crippen molar-refractivity contribution in [3.63, 3.8) is 0 Å². The lowest BCUT2D eigenvalue weighted by Gasteiger charge is -2.11. The third-order valence-electron chi connectivity index (χ3n) is 6.63. The van der Waals surface area contributed by atoms with Crippen molar-refractivity contribution >= 4 is 55.0 Å². The van der Waals surface area contributed by atoms with Crippen molar-refractivity contribution in [1.82, 2.24) is 9.72 Å². The zero-order valence-electron chi connectivity index (χ0n) is 21.3. The van der Waals surface area contributed by atoms with Gasteiger partial charge in [0.2, 0.25) is 15.9 Å². The van der Waals surface area contributed by atoms with E-state index >= 15 is 0 Å². The number of amides is 1. The van der Waals surface area contributed by atoms with Gasteiger partial charge in [-0.3, -0.25) is 9.52 Å². The molecule has 0 unspecified atom stereocenters. The summed E-state index contributed by atoms with van der Waals surface area (Å²) in [5.74, 6) is -0.274. The maximum Gasteiger partial charge on any atom is 0.249 e. The van der Waals surface area contributed by atoms with Crippen LogP contribution in [0.1, 0.15) is 33.8 Å². The molecular formula is C28H26ClFN4O4S. The van der Waals surface area contributed by atoms with E-state index in [0.29, 0.717) is 52.0 Å². The normalized spacial score (nSPS) is 11.9. The number of alkyl halides is 1. The Bertz CT molecular complexity index is 1810. The van der Waals surface area contributed by atoms with Gasteiger partial charge in [-0.05, 0) is 73.9 Å². The number of hydrogen-bond donors (Lipinski definition) is 2. The Morgan fingerprint density at radius 2 is 1.85 bits per heavy atom. The molecule has 0 aliphatic heterocycles. The van der Waals surface area contributed by atoms with Gasteiger partial charge in [0.05, 0.1) is 17.0 Å². The Hall–Kier alpha value is -3.89. The zero-order chi connectivity index (χ0) is 27.9. The summed E-state index contributed by atoms with van der Waals surface area (Å²) in [6.45, 7) is 3.97. The molecule has 0 radical (unpaired) electrons. The molecule has 0 aliphatic carbocycles. The second-order valence-corrected chi connectivity index (χ2v) is 11.6. The van der Waals surface area contributed by atoms with Gasteiger partial charge in [0.25, 0.3) is 0 Å². The molecule has 2 heterocycles. The minimum atomic E-state index is -3.62. The highest BCUT2D eigenvalue weighted by atomic mass is 35.5. The molecule has 0 saturated heterocycles. The van der Waals surface area contributed by atoms with E-state index in [1.54, 1.807) is 43.3 Å². The predicted molar refractivity (Wildman–Crippen MR) is 151 cm³/mol. The van der Waals surface area contributed by atoms with Crippen LogP contribution >= 0.6 is 11.6 Å². The number of hydrogen-bond acceptors (Lipinski definition) is 5. The third kappa shape index (κ3) is 5.22. The fourth-order valence-electron chi connectivity index (χ4n) is 4.94. The maximum absolute atomic E-state index is 13.6. The van der Waals surface area contributed by atoms with Gasteiger partial charge in [-0.15, -0.1) is 11.6 Å². The molecule has 0 aliphatic rings. The summed E-state index contributed by atoms with van der Waals surface area (Å²) in [6, 6.07) is 15.0. The van der Waals surface area contributed by atoms with Crippen LogP contribution in [0, 0.1) is 19.7 Å². The number of nitrogens with two attached hydrogens (primary N) is 1. The lowest BCUT2D eigenvalue weighted by Crippen LogP contribution is -2.16. The molecule has 8 nitrogen and oxygen atoms in total. The fourth-order valence-corrected chi connectivity index (χ4v) is 6.34. The van der Waals surface area contributed by atoms with Crippen LogP contribution < -0.4 is 10.5 Å². The lowest BCUT2D eigenvalue weighted by atomic mass is 9.97. The van der Waals surface area contributed by atoms with Gasteiger partial charge in [-0.1, -0.05) is 17.3 Å². The molecule has 3 aromatic carbocycles. The lowest BCUT2D eigenvalue weighted by molar-refractivity contribution is 0.100. The number of rotatable bonds is 9. The van der Waals surface area contributed by atoms with Crippen LogP contribution in [0.3, 0.4) is 0 Å². The van der Waals surface area contributed by atoms with E-state index in [1.165, 1.54) is 12.1 Å². The van der Waals surface area contributed by atoms with E-state index in [0.717, 1.165) is 16.6 Å². The van der Waals surface area contributed by atoms with E-state index in [2.05, 4.69) is 9.88 Å². The van der Waals surface area contributed by atoms with Crippen molar-refractivity contribution in [3.8, 4) is 11.1 Å². The number of primary amides is 1. The Kier molecular flexibility index (Phi) is 7.09. The van der Waals surface area contributed by atoms with Gasteiger partial charge in [0.1, 0.15) is 11.6 Å². The summed E-state index contributed by atoms with van der Waals surface area (Å²) in [4.78, 5) is 12.8. The summed E-state index contributed by atoms with van der Waals surface area (Å²) in [6.07, 6.45) is 0.312. The molecule has 5 aromatic rings. The molecule has 0 fully saturated rings. The van der Waals surface area contributed by atoms with Gasteiger partial charge in [-0.25, -0.2) is 12.8 Å². The first-order valence-electron chi connectivity index (χ1n) is 12.2. The number of nitrogens with zero attached hydrogens (tertiary/aromatic N) is 2. The van der Waals surface area contributed by atoms with Gasteiger partial charge in [-0.2, -0.15) is 0 Å². The monoisotopic (exact) mass is 568 g/mol. The predicted octanol–water partition coefficient (Wildman–Crippen LogP) is 5.72.